The van der Waals surface area contributed by atoms with E-state index < -0.39 is 5.92 Å². The Labute approximate surface area is 136 Å². The number of carbonyl (C=O) groups is 1. The molecule has 0 aliphatic heterocycles. The molecule has 2 rings (SSSR count). The molecule has 5 nitrogen and oxygen atoms in total. The minimum atomic E-state index is -0.440. The van der Waals surface area contributed by atoms with Crippen molar-refractivity contribution >= 4 is 5.91 Å². The van der Waals surface area contributed by atoms with Crippen molar-refractivity contribution in [3.63, 3.8) is 0 Å². The lowest BCUT2D eigenvalue weighted by Gasteiger charge is -2.17. The van der Waals surface area contributed by atoms with Crippen molar-refractivity contribution in [2.45, 2.75) is 12.3 Å². The van der Waals surface area contributed by atoms with Crippen molar-refractivity contribution in [2.75, 3.05) is 27.4 Å². The molecule has 0 radical (unpaired) electrons. The molecule has 1 amide bonds. The Kier molecular flexibility index (Phi) is 6.56. The summed E-state index contributed by atoms with van der Waals surface area (Å²) < 4.78 is 10.2. The van der Waals surface area contributed by atoms with Crippen LogP contribution in [-0.4, -0.2) is 38.3 Å². The largest absolute Gasteiger partial charge is 0.497 e. The number of amides is 1. The highest BCUT2D eigenvalue weighted by Crippen LogP contribution is 2.25. The van der Waals surface area contributed by atoms with E-state index in [-0.39, 0.29) is 5.91 Å². The molecule has 1 N–H and O–H groups in total. The fourth-order valence-electron chi connectivity index (χ4n) is 2.33. The van der Waals surface area contributed by atoms with Crippen LogP contribution in [0.2, 0.25) is 0 Å². The number of methoxy groups -OCH3 is 2. The van der Waals surface area contributed by atoms with Crippen LogP contribution in [0.4, 0.5) is 0 Å². The van der Waals surface area contributed by atoms with E-state index in [1.54, 1.807) is 20.4 Å². The van der Waals surface area contributed by atoms with Gasteiger partial charge in [-0.3, -0.25) is 9.78 Å². The Morgan fingerprint density at radius 3 is 2.57 bits per heavy atom. The van der Waals surface area contributed by atoms with Crippen molar-refractivity contribution in [1.29, 1.82) is 0 Å². The first kappa shape index (κ1) is 17.0. The minimum Gasteiger partial charge on any atom is -0.497 e. The molecule has 0 fully saturated rings. The van der Waals surface area contributed by atoms with Crippen LogP contribution in [0.3, 0.4) is 0 Å². The quantitative estimate of drug-likeness (QED) is 0.760. The van der Waals surface area contributed by atoms with E-state index in [1.807, 2.05) is 42.5 Å². The van der Waals surface area contributed by atoms with Gasteiger partial charge in [0, 0.05) is 26.5 Å². The number of carbonyl (C=O) groups excluding carboxylic acids is 1. The molecule has 0 bridgehead atoms. The van der Waals surface area contributed by atoms with E-state index in [1.165, 1.54) is 0 Å². The van der Waals surface area contributed by atoms with Crippen molar-refractivity contribution in [3.05, 3.63) is 59.9 Å². The SMILES string of the molecule is COCCCNC(=O)C(c1ccc(OC)cc1)c1ccccn1. The Morgan fingerprint density at radius 1 is 1.17 bits per heavy atom. The maximum absolute atomic E-state index is 12.6. The third-order valence-corrected chi connectivity index (χ3v) is 3.52. The van der Waals surface area contributed by atoms with Gasteiger partial charge in [0.25, 0.3) is 0 Å². The van der Waals surface area contributed by atoms with Gasteiger partial charge in [0.2, 0.25) is 5.91 Å². The number of aromatic nitrogens is 1. The highest BCUT2D eigenvalue weighted by molar-refractivity contribution is 5.86. The first-order chi connectivity index (χ1) is 11.3. The molecule has 2 aromatic rings. The summed E-state index contributed by atoms with van der Waals surface area (Å²) in [5.74, 6) is 0.253. The van der Waals surface area contributed by atoms with E-state index in [2.05, 4.69) is 10.3 Å². The summed E-state index contributed by atoms with van der Waals surface area (Å²) in [7, 11) is 3.27. The second-order valence-electron chi connectivity index (χ2n) is 5.10. The normalized spacial score (nSPS) is 11.7. The Balaban J connectivity index is 2.19. The van der Waals surface area contributed by atoms with Gasteiger partial charge in [-0.25, -0.2) is 0 Å². The minimum absolute atomic E-state index is 0.0648. The molecule has 0 aliphatic rings. The van der Waals surface area contributed by atoms with Crippen molar-refractivity contribution in [1.82, 2.24) is 10.3 Å². The van der Waals surface area contributed by atoms with Crippen LogP contribution in [-0.2, 0) is 9.53 Å². The van der Waals surface area contributed by atoms with Crippen LogP contribution >= 0.6 is 0 Å². The van der Waals surface area contributed by atoms with Crippen LogP contribution in [0, 0.1) is 0 Å². The summed E-state index contributed by atoms with van der Waals surface area (Å²) >= 11 is 0. The van der Waals surface area contributed by atoms with E-state index in [0.29, 0.717) is 13.2 Å². The molecule has 1 aromatic carbocycles. The van der Waals surface area contributed by atoms with Crippen LogP contribution in [0.1, 0.15) is 23.6 Å². The number of hydrogen-bond acceptors (Lipinski definition) is 4. The lowest BCUT2D eigenvalue weighted by atomic mass is 9.94. The molecule has 23 heavy (non-hydrogen) atoms. The second kappa shape index (κ2) is 8.90. The maximum Gasteiger partial charge on any atom is 0.233 e. The molecule has 5 heteroatoms. The second-order valence-corrected chi connectivity index (χ2v) is 5.10. The number of pyridine rings is 1. The third-order valence-electron chi connectivity index (χ3n) is 3.52. The molecular formula is C18H22N2O3. The van der Waals surface area contributed by atoms with Crippen molar-refractivity contribution < 1.29 is 14.3 Å². The molecule has 0 spiro atoms. The smallest absolute Gasteiger partial charge is 0.233 e. The van der Waals surface area contributed by atoms with Gasteiger partial charge in [-0.15, -0.1) is 0 Å². The van der Waals surface area contributed by atoms with Crippen molar-refractivity contribution in [2.24, 2.45) is 0 Å². The highest BCUT2D eigenvalue weighted by Gasteiger charge is 2.23. The van der Waals surface area contributed by atoms with Gasteiger partial charge in [0.15, 0.2) is 0 Å². The first-order valence-corrected chi connectivity index (χ1v) is 7.57. The van der Waals surface area contributed by atoms with Gasteiger partial charge in [-0.1, -0.05) is 18.2 Å². The van der Waals surface area contributed by atoms with Gasteiger partial charge in [0.1, 0.15) is 11.7 Å². The van der Waals surface area contributed by atoms with E-state index >= 15 is 0 Å². The highest BCUT2D eigenvalue weighted by atomic mass is 16.5. The van der Waals surface area contributed by atoms with E-state index in [0.717, 1.165) is 23.4 Å². The standard InChI is InChI=1S/C18H22N2O3/c1-22-13-5-12-20-18(21)17(16-6-3-4-11-19-16)14-7-9-15(23-2)10-8-14/h3-4,6-11,17H,5,12-13H2,1-2H3,(H,20,21). The number of hydrogen-bond donors (Lipinski definition) is 1. The zero-order valence-electron chi connectivity index (χ0n) is 13.5. The summed E-state index contributed by atoms with van der Waals surface area (Å²) in [6.07, 6.45) is 2.48. The summed E-state index contributed by atoms with van der Waals surface area (Å²) in [6, 6.07) is 13.1. The lowest BCUT2D eigenvalue weighted by molar-refractivity contribution is -0.121. The molecular weight excluding hydrogens is 292 g/mol. The molecule has 1 unspecified atom stereocenters. The number of nitrogens with one attached hydrogen (secondary N) is 1. The number of nitrogens with zero attached hydrogens (tertiary/aromatic N) is 1. The van der Waals surface area contributed by atoms with Crippen LogP contribution in [0.5, 0.6) is 5.75 Å². The molecule has 1 heterocycles. The fourth-order valence-corrected chi connectivity index (χ4v) is 2.33. The number of benzene rings is 1. The monoisotopic (exact) mass is 314 g/mol. The maximum atomic E-state index is 12.6. The molecule has 1 atom stereocenters. The first-order valence-electron chi connectivity index (χ1n) is 7.57. The zero-order chi connectivity index (χ0) is 16.5. The molecule has 0 saturated heterocycles. The van der Waals surface area contributed by atoms with Gasteiger partial charge in [0.05, 0.1) is 12.8 Å². The Morgan fingerprint density at radius 2 is 1.96 bits per heavy atom. The molecule has 122 valence electrons. The summed E-state index contributed by atoms with van der Waals surface area (Å²) in [5, 5.41) is 2.95. The van der Waals surface area contributed by atoms with Gasteiger partial charge in [-0.2, -0.15) is 0 Å². The van der Waals surface area contributed by atoms with Gasteiger partial charge >= 0.3 is 0 Å². The van der Waals surface area contributed by atoms with Crippen LogP contribution in [0.25, 0.3) is 0 Å². The summed E-state index contributed by atoms with van der Waals surface area (Å²) in [5.41, 5.74) is 1.61. The average molecular weight is 314 g/mol. The molecule has 1 aromatic heterocycles. The Bertz CT molecular complexity index is 599. The third kappa shape index (κ3) is 4.79. The van der Waals surface area contributed by atoms with E-state index in [9.17, 15) is 4.79 Å². The Hall–Kier alpha value is -2.40. The van der Waals surface area contributed by atoms with Gasteiger partial charge in [-0.05, 0) is 36.2 Å². The number of rotatable bonds is 8. The fraction of sp³-hybridized carbons (Fsp3) is 0.333. The van der Waals surface area contributed by atoms with Crippen LogP contribution < -0.4 is 10.1 Å². The molecule has 0 aliphatic carbocycles. The summed E-state index contributed by atoms with van der Waals surface area (Å²) in [4.78, 5) is 17.0. The van der Waals surface area contributed by atoms with Crippen LogP contribution in [0.15, 0.2) is 48.7 Å². The van der Waals surface area contributed by atoms with E-state index in [4.69, 9.17) is 9.47 Å². The predicted molar refractivity (Wildman–Crippen MR) is 88.6 cm³/mol. The number of ether oxygens (including phenoxy) is 2. The average Bonchev–Trinajstić information content (AvgIpc) is 2.60. The topological polar surface area (TPSA) is 60.5 Å². The van der Waals surface area contributed by atoms with Gasteiger partial charge < -0.3 is 14.8 Å². The lowest BCUT2D eigenvalue weighted by Crippen LogP contribution is -2.31. The molecule has 0 saturated carbocycles. The zero-order valence-corrected chi connectivity index (χ0v) is 13.5. The van der Waals surface area contributed by atoms with Crippen molar-refractivity contribution in [3.8, 4) is 5.75 Å². The summed E-state index contributed by atoms with van der Waals surface area (Å²) in [6.45, 7) is 1.20. The predicted octanol–water partition coefficient (Wildman–Crippen LogP) is 2.37.